The summed E-state index contributed by atoms with van der Waals surface area (Å²) in [5, 5.41) is 7.35. The molecule has 0 aliphatic carbocycles. The van der Waals surface area contributed by atoms with Gasteiger partial charge in [0.15, 0.2) is 6.04 Å². The third-order valence-corrected chi connectivity index (χ3v) is 3.22. The molecule has 5 nitrogen and oxygen atoms in total. The third kappa shape index (κ3) is 3.63. The van der Waals surface area contributed by atoms with E-state index in [0.29, 0.717) is 11.3 Å². The topological polar surface area (TPSA) is 56.1 Å². The predicted octanol–water partition coefficient (Wildman–Crippen LogP) is 3.10. The summed E-state index contributed by atoms with van der Waals surface area (Å²) in [6.45, 7) is 6.09. The maximum absolute atomic E-state index is 13.0. The van der Waals surface area contributed by atoms with Crippen LogP contribution in [0, 0.1) is 5.82 Å². The average Bonchev–Trinajstić information content (AvgIpc) is 2.94. The van der Waals surface area contributed by atoms with E-state index in [2.05, 4.69) is 10.4 Å². The minimum atomic E-state index is -0.719. The Bertz CT molecular complexity index is 644. The maximum Gasteiger partial charge on any atom is 0.332 e. The Hall–Kier alpha value is -2.37. The smallest absolute Gasteiger partial charge is 0.332 e. The minimum Gasteiger partial charge on any atom is -0.467 e. The van der Waals surface area contributed by atoms with Crippen LogP contribution in [-0.2, 0) is 15.1 Å². The Labute approximate surface area is 129 Å². The van der Waals surface area contributed by atoms with E-state index in [1.807, 2.05) is 27.0 Å². The molecule has 6 heteroatoms. The van der Waals surface area contributed by atoms with Crippen LogP contribution < -0.4 is 5.32 Å². The molecule has 2 aromatic rings. The molecule has 2 rings (SSSR count). The van der Waals surface area contributed by atoms with Crippen molar-refractivity contribution in [2.75, 3.05) is 12.4 Å². The molecular formula is C16H20FN3O2. The van der Waals surface area contributed by atoms with Crippen molar-refractivity contribution in [2.24, 2.45) is 0 Å². The van der Waals surface area contributed by atoms with Gasteiger partial charge in [-0.05, 0) is 38.5 Å². The Morgan fingerprint density at radius 2 is 1.95 bits per heavy atom. The molecule has 0 fully saturated rings. The summed E-state index contributed by atoms with van der Waals surface area (Å²) in [5.41, 5.74) is 1.16. The number of halogens is 1. The van der Waals surface area contributed by atoms with Crippen molar-refractivity contribution >= 4 is 11.7 Å². The quantitative estimate of drug-likeness (QED) is 0.882. The van der Waals surface area contributed by atoms with Gasteiger partial charge >= 0.3 is 5.97 Å². The molecule has 0 saturated heterocycles. The highest BCUT2D eigenvalue weighted by Crippen LogP contribution is 2.23. The molecule has 0 spiro atoms. The fourth-order valence-electron chi connectivity index (χ4n) is 1.98. The van der Waals surface area contributed by atoms with Gasteiger partial charge < -0.3 is 10.1 Å². The van der Waals surface area contributed by atoms with Crippen LogP contribution in [-0.4, -0.2) is 22.9 Å². The molecule has 1 aromatic heterocycles. The summed E-state index contributed by atoms with van der Waals surface area (Å²) in [7, 11) is 1.32. The van der Waals surface area contributed by atoms with Gasteiger partial charge in [-0.25, -0.2) is 9.18 Å². The van der Waals surface area contributed by atoms with Crippen LogP contribution in [0.15, 0.2) is 36.7 Å². The number of esters is 1. The molecule has 1 N–H and O–H groups in total. The Kier molecular flexibility index (Phi) is 4.49. The van der Waals surface area contributed by atoms with E-state index in [0.717, 1.165) is 0 Å². The molecule has 1 atom stereocenters. The van der Waals surface area contributed by atoms with E-state index < -0.39 is 12.0 Å². The van der Waals surface area contributed by atoms with Gasteiger partial charge in [0.2, 0.25) is 0 Å². The van der Waals surface area contributed by atoms with Gasteiger partial charge in [0.05, 0.1) is 24.5 Å². The zero-order chi connectivity index (χ0) is 16.3. The number of carbonyl (C=O) groups is 1. The molecule has 1 unspecified atom stereocenters. The lowest BCUT2D eigenvalue weighted by molar-refractivity contribution is -0.141. The van der Waals surface area contributed by atoms with Crippen molar-refractivity contribution in [2.45, 2.75) is 32.4 Å². The zero-order valence-corrected chi connectivity index (χ0v) is 13.1. The lowest BCUT2D eigenvalue weighted by Crippen LogP contribution is -2.23. The van der Waals surface area contributed by atoms with Gasteiger partial charge in [-0.3, -0.25) is 4.68 Å². The van der Waals surface area contributed by atoms with Gasteiger partial charge in [0, 0.05) is 6.20 Å². The molecule has 118 valence electrons. The Morgan fingerprint density at radius 3 is 2.45 bits per heavy atom. The lowest BCUT2D eigenvalue weighted by atomic mass is 10.1. The molecule has 0 saturated carbocycles. The summed E-state index contributed by atoms with van der Waals surface area (Å²) in [4.78, 5) is 12.0. The highest BCUT2D eigenvalue weighted by Gasteiger charge is 2.23. The van der Waals surface area contributed by atoms with Crippen molar-refractivity contribution in [3.63, 3.8) is 0 Å². The number of anilines is 1. The first-order chi connectivity index (χ1) is 10.3. The SMILES string of the molecule is COC(=O)C(Nc1cnn(C(C)(C)C)c1)c1ccc(F)cc1. The number of methoxy groups -OCH3 is 1. The van der Waals surface area contributed by atoms with E-state index >= 15 is 0 Å². The summed E-state index contributed by atoms with van der Waals surface area (Å²) in [6.07, 6.45) is 3.46. The number of nitrogens with one attached hydrogen (secondary N) is 1. The van der Waals surface area contributed by atoms with E-state index in [-0.39, 0.29) is 11.4 Å². The lowest BCUT2D eigenvalue weighted by Gasteiger charge is -2.19. The number of aromatic nitrogens is 2. The number of benzene rings is 1. The minimum absolute atomic E-state index is 0.156. The molecule has 1 heterocycles. The maximum atomic E-state index is 13.0. The molecule has 22 heavy (non-hydrogen) atoms. The molecule has 0 amide bonds. The fraction of sp³-hybridized carbons (Fsp3) is 0.375. The number of nitrogens with zero attached hydrogens (tertiary/aromatic N) is 2. The number of hydrogen-bond donors (Lipinski definition) is 1. The van der Waals surface area contributed by atoms with Crippen LogP contribution in [0.5, 0.6) is 0 Å². The van der Waals surface area contributed by atoms with E-state index in [9.17, 15) is 9.18 Å². The summed E-state index contributed by atoms with van der Waals surface area (Å²) < 4.78 is 19.7. The highest BCUT2D eigenvalue weighted by atomic mass is 19.1. The van der Waals surface area contributed by atoms with Crippen LogP contribution in [0.4, 0.5) is 10.1 Å². The Balaban J connectivity index is 2.26. The fourth-order valence-corrected chi connectivity index (χ4v) is 1.98. The first kappa shape index (κ1) is 16.0. The molecule has 0 bridgehead atoms. The number of carbonyl (C=O) groups excluding carboxylic acids is 1. The van der Waals surface area contributed by atoms with Crippen LogP contribution in [0.2, 0.25) is 0 Å². The van der Waals surface area contributed by atoms with Crippen molar-refractivity contribution in [3.8, 4) is 0 Å². The van der Waals surface area contributed by atoms with Gasteiger partial charge in [0.25, 0.3) is 0 Å². The molecule has 0 aliphatic rings. The van der Waals surface area contributed by atoms with Gasteiger partial charge in [-0.1, -0.05) is 12.1 Å². The number of rotatable bonds is 4. The van der Waals surface area contributed by atoms with Crippen LogP contribution >= 0.6 is 0 Å². The second kappa shape index (κ2) is 6.17. The average molecular weight is 305 g/mol. The predicted molar refractivity (Wildman–Crippen MR) is 82.0 cm³/mol. The van der Waals surface area contributed by atoms with Gasteiger partial charge in [-0.2, -0.15) is 5.10 Å². The van der Waals surface area contributed by atoms with Gasteiger partial charge in [-0.15, -0.1) is 0 Å². The van der Waals surface area contributed by atoms with E-state index in [4.69, 9.17) is 4.74 Å². The van der Waals surface area contributed by atoms with Crippen molar-refractivity contribution in [3.05, 3.63) is 48.0 Å². The van der Waals surface area contributed by atoms with Crippen molar-refractivity contribution in [1.29, 1.82) is 0 Å². The number of hydrogen-bond acceptors (Lipinski definition) is 4. The monoisotopic (exact) mass is 305 g/mol. The number of ether oxygens (including phenoxy) is 1. The largest absolute Gasteiger partial charge is 0.467 e. The molecule has 1 aromatic carbocycles. The van der Waals surface area contributed by atoms with E-state index in [1.165, 1.54) is 19.2 Å². The van der Waals surface area contributed by atoms with Crippen LogP contribution in [0.25, 0.3) is 0 Å². The standard InChI is InChI=1S/C16H20FN3O2/c1-16(2,3)20-10-13(9-18-20)19-14(15(21)22-4)11-5-7-12(17)8-6-11/h5-10,14,19H,1-4H3. The van der Waals surface area contributed by atoms with Gasteiger partial charge in [0.1, 0.15) is 5.82 Å². The second-order valence-electron chi connectivity index (χ2n) is 6.00. The van der Waals surface area contributed by atoms with E-state index in [1.54, 1.807) is 23.0 Å². The summed E-state index contributed by atoms with van der Waals surface area (Å²) in [5.74, 6) is -0.803. The summed E-state index contributed by atoms with van der Waals surface area (Å²) in [6, 6.07) is 5.01. The first-order valence-corrected chi connectivity index (χ1v) is 6.96. The van der Waals surface area contributed by atoms with Crippen LogP contribution in [0.3, 0.4) is 0 Å². The normalized spacial score (nSPS) is 12.8. The second-order valence-corrected chi connectivity index (χ2v) is 6.00. The molecule has 0 radical (unpaired) electrons. The summed E-state index contributed by atoms with van der Waals surface area (Å²) >= 11 is 0. The molecular weight excluding hydrogens is 285 g/mol. The van der Waals surface area contributed by atoms with Crippen LogP contribution in [0.1, 0.15) is 32.4 Å². The van der Waals surface area contributed by atoms with Crippen molar-refractivity contribution in [1.82, 2.24) is 9.78 Å². The Morgan fingerprint density at radius 1 is 1.32 bits per heavy atom. The van der Waals surface area contributed by atoms with Crippen molar-refractivity contribution < 1.29 is 13.9 Å². The third-order valence-electron chi connectivity index (χ3n) is 3.22. The first-order valence-electron chi connectivity index (χ1n) is 6.96. The molecule has 0 aliphatic heterocycles. The highest BCUT2D eigenvalue weighted by molar-refractivity contribution is 5.80. The zero-order valence-electron chi connectivity index (χ0n) is 13.1.